The minimum atomic E-state index is 0.808. The fourth-order valence-electron chi connectivity index (χ4n) is 1.76. The largest absolute Gasteiger partial charge is 0.245 e. The molecular weight excluding hydrogens is 260 g/mol. The van der Waals surface area contributed by atoms with Crippen molar-refractivity contribution < 1.29 is 0 Å². The van der Waals surface area contributed by atoms with Crippen LogP contribution in [0.3, 0.4) is 0 Å². The highest BCUT2D eigenvalue weighted by Gasteiger charge is 2.15. The molecule has 0 atom stereocenters. The van der Waals surface area contributed by atoms with Crippen LogP contribution in [-0.4, -0.2) is 15.7 Å². The van der Waals surface area contributed by atoms with E-state index in [9.17, 15) is 0 Å². The molecule has 1 fully saturated rings. The highest BCUT2D eigenvalue weighted by atomic mass is 79.9. The molecule has 0 saturated heterocycles. The molecule has 2 nitrogen and oxygen atoms in total. The van der Waals surface area contributed by atoms with Gasteiger partial charge in [0.05, 0.1) is 12.4 Å². The molecule has 4 heteroatoms. The van der Waals surface area contributed by atoms with Crippen molar-refractivity contribution in [3.63, 3.8) is 0 Å². The lowest BCUT2D eigenvalue weighted by molar-refractivity contribution is 0.623. The first-order valence-corrected chi connectivity index (χ1v) is 6.73. The predicted octanol–water partition coefficient (Wildman–Crippen LogP) is 3.52. The summed E-state index contributed by atoms with van der Waals surface area (Å²) in [6.07, 6.45) is 9.23. The summed E-state index contributed by atoms with van der Waals surface area (Å²) in [6.45, 7) is 0. The van der Waals surface area contributed by atoms with E-state index in [0.717, 1.165) is 15.5 Å². The van der Waals surface area contributed by atoms with Crippen molar-refractivity contribution in [2.75, 3.05) is 5.75 Å². The molecule has 0 aromatic carbocycles. The lowest BCUT2D eigenvalue weighted by atomic mass is 10.1. The van der Waals surface area contributed by atoms with Gasteiger partial charge in [-0.1, -0.05) is 12.8 Å². The van der Waals surface area contributed by atoms with Gasteiger partial charge in [-0.15, -0.1) is 11.8 Å². The van der Waals surface area contributed by atoms with Gasteiger partial charge in [-0.05, 0) is 34.7 Å². The van der Waals surface area contributed by atoms with Gasteiger partial charge in [-0.25, -0.2) is 9.97 Å². The molecule has 14 heavy (non-hydrogen) atoms. The molecule has 0 aliphatic heterocycles. The zero-order valence-corrected chi connectivity index (χ0v) is 10.4. The monoisotopic (exact) mass is 272 g/mol. The third-order valence-corrected chi connectivity index (χ3v) is 4.09. The van der Waals surface area contributed by atoms with Gasteiger partial charge in [0, 0.05) is 5.75 Å². The van der Waals surface area contributed by atoms with Gasteiger partial charge in [0.2, 0.25) is 0 Å². The van der Waals surface area contributed by atoms with Crippen LogP contribution in [0.15, 0.2) is 22.0 Å². The van der Waals surface area contributed by atoms with Crippen LogP contribution in [0.4, 0.5) is 0 Å². The first-order chi connectivity index (χ1) is 6.84. The summed E-state index contributed by atoms with van der Waals surface area (Å²) in [5.41, 5.74) is 0. The topological polar surface area (TPSA) is 25.8 Å². The van der Waals surface area contributed by atoms with Crippen LogP contribution in [0.5, 0.6) is 0 Å². The summed E-state index contributed by atoms with van der Waals surface area (Å²) < 4.78 is 0.808. The van der Waals surface area contributed by atoms with Gasteiger partial charge in [0.15, 0.2) is 0 Å². The molecule has 0 bridgehead atoms. The van der Waals surface area contributed by atoms with Crippen molar-refractivity contribution in [2.24, 2.45) is 5.92 Å². The van der Waals surface area contributed by atoms with Crippen molar-refractivity contribution in [1.29, 1.82) is 0 Å². The highest BCUT2D eigenvalue weighted by Crippen LogP contribution is 2.30. The summed E-state index contributed by atoms with van der Waals surface area (Å²) in [4.78, 5) is 8.45. The van der Waals surface area contributed by atoms with E-state index in [4.69, 9.17) is 0 Å². The maximum absolute atomic E-state index is 4.29. The summed E-state index contributed by atoms with van der Waals surface area (Å²) in [6, 6.07) is 0. The zero-order chi connectivity index (χ0) is 9.80. The Morgan fingerprint density at radius 3 is 2.71 bits per heavy atom. The van der Waals surface area contributed by atoms with Gasteiger partial charge in [0.1, 0.15) is 9.63 Å². The van der Waals surface area contributed by atoms with Crippen LogP contribution in [0, 0.1) is 5.92 Å². The molecule has 0 unspecified atom stereocenters. The Hall–Kier alpha value is -0.0900. The first kappa shape index (κ1) is 10.4. The molecular formula is C10H13BrN2S. The summed E-state index contributed by atoms with van der Waals surface area (Å²) in [7, 11) is 0. The Balaban J connectivity index is 1.82. The fourth-order valence-corrected chi connectivity index (χ4v) is 2.95. The van der Waals surface area contributed by atoms with E-state index in [1.165, 1.54) is 31.4 Å². The molecule has 1 aromatic rings. The maximum Gasteiger partial charge on any atom is 0.124 e. The Kier molecular flexibility index (Phi) is 3.81. The van der Waals surface area contributed by atoms with Crippen molar-refractivity contribution in [2.45, 2.75) is 30.7 Å². The summed E-state index contributed by atoms with van der Waals surface area (Å²) in [5, 5.41) is 1.04. The van der Waals surface area contributed by atoms with Crippen LogP contribution >= 0.6 is 27.7 Å². The van der Waals surface area contributed by atoms with Crippen molar-refractivity contribution in [3.05, 3.63) is 17.0 Å². The third-order valence-electron chi connectivity index (χ3n) is 2.54. The molecule has 0 N–H and O–H groups in total. The smallest absolute Gasteiger partial charge is 0.124 e. The standard InChI is InChI=1S/C10H13BrN2S/c11-9-5-13-10(6-12-9)14-7-8-3-1-2-4-8/h5-6,8H,1-4,7H2. The molecule has 1 saturated carbocycles. The minimum absolute atomic E-state index is 0.808. The van der Waals surface area contributed by atoms with Crippen molar-refractivity contribution in [1.82, 2.24) is 9.97 Å². The van der Waals surface area contributed by atoms with E-state index in [1.54, 1.807) is 6.20 Å². The molecule has 76 valence electrons. The molecule has 0 spiro atoms. The number of nitrogens with zero attached hydrogens (tertiary/aromatic N) is 2. The Morgan fingerprint density at radius 1 is 1.29 bits per heavy atom. The molecule has 1 aliphatic carbocycles. The molecule has 1 heterocycles. The minimum Gasteiger partial charge on any atom is -0.245 e. The lowest BCUT2D eigenvalue weighted by Gasteiger charge is -2.06. The van der Waals surface area contributed by atoms with Gasteiger partial charge in [0.25, 0.3) is 0 Å². The molecule has 1 aliphatic rings. The molecule has 0 amide bonds. The second-order valence-corrected chi connectivity index (χ2v) is 5.49. The highest BCUT2D eigenvalue weighted by molar-refractivity contribution is 9.10. The van der Waals surface area contributed by atoms with Gasteiger partial charge in [-0.3, -0.25) is 0 Å². The Bertz CT molecular complexity index is 283. The van der Waals surface area contributed by atoms with E-state index in [2.05, 4.69) is 25.9 Å². The second kappa shape index (κ2) is 5.12. The predicted molar refractivity (Wildman–Crippen MR) is 62.4 cm³/mol. The first-order valence-electron chi connectivity index (χ1n) is 4.95. The van der Waals surface area contributed by atoms with E-state index in [0.29, 0.717) is 0 Å². The Morgan fingerprint density at radius 2 is 2.07 bits per heavy atom. The quantitative estimate of drug-likeness (QED) is 0.788. The second-order valence-electron chi connectivity index (χ2n) is 3.64. The summed E-state index contributed by atoms with van der Waals surface area (Å²) in [5.74, 6) is 2.11. The number of thioether (sulfide) groups is 1. The van der Waals surface area contributed by atoms with Crippen LogP contribution in [0.2, 0.25) is 0 Å². The van der Waals surface area contributed by atoms with Crippen molar-refractivity contribution >= 4 is 27.7 Å². The van der Waals surface area contributed by atoms with Crippen LogP contribution in [0.25, 0.3) is 0 Å². The van der Waals surface area contributed by atoms with Gasteiger partial charge in [-0.2, -0.15) is 0 Å². The molecule has 2 rings (SSSR count). The third kappa shape index (κ3) is 2.95. The summed E-state index contributed by atoms with van der Waals surface area (Å²) >= 11 is 5.11. The van der Waals surface area contributed by atoms with Crippen molar-refractivity contribution in [3.8, 4) is 0 Å². The SMILES string of the molecule is Brc1cnc(SCC2CCCC2)cn1. The number of hydrogen-bond donors (Lipinski definition) is 0. The Labute approximate surface area is 97.0 Å². The van der Waals surface area contributed by atoms with E-state index in [1.807, 2.05) is 18.0 Å². The number of aromatic nitrogens is 2. The van der Waals surface area contributed by atoms with Crippen LogP contribution < -0.4 is 0 Å². The number of rotatable bonds is 3. The average Bonchev–Trinajstić information content (AvgIpc) is 2.70. The molecule has 0 radical (unpaired) electrons. The fraction of sp³-hybridized carbons (Fsp3) is 0.600. The van der Waals surface area contributed by atoms with Crippen LogP contribution in [0.1, 0.15) is 25.7 Å². The van der Waals surface area contributed by atoms with Crippen LogP contribution in [-0.2, 0) is 0 Å². The average molecular weight is 273 g/mol. The van der Waals surface area contributed by atoms with E-state index < -0.39 is 0 Å². The number of hydrogen-bond acceptors (Lipinski definition) is 3. The van der Waals surface area contributed by atoms with Gasteiger partial charge >= 0.3 is 0 Å². The van der Waals surface area contributed by atoms with E-state index >= 15 is 0 Å². The molecule has 1 aromatic heterocycles. The van der Waals surface area contributed by atoms with Gasteiger partial charge < -0.3 is 0 Å². The normalized spacial score (nSPS) is 17.5. The lowest BCUT2D eigenvalue weighted by Crippen LogP contribution is -1.97. The zero-order valence-electron chi connectivity index (χ0n) is 7.95. The number of halogens is 1. The van der Waals surface area contributed by atoms with E-state index in [-0.39, 0.29) is 0 Å². The maximum atomic E-state index is 4.29.